The molecule has 6 heteroatoms. The molecule has 176 valence electrons. The lowest BCUT2D eigenvalue weighted by molar-refractivity contribution is -0.147. The number of aliphatic hydroxyl groups excluding tert-OH is 2. The number of Topliss-reactive ketones (excluding diaryl/α,β-unsaturated/α-hetero) is 3. The molecule has 0 aromatic rings. The summed E-state index contributed by atoms with van der Waals surface area (Å²) >= 11 is 0. The number of hydrogen-bond donors (Lipinski definition) is 3. The van der Waals surface area contributed by atoms with Crippen LogP contribution in [0, 0.1) is 5.41 Å². The Morgan fingerprint density at radius 1 is 0.700 bits per heavy atom. The molecule has 0 aliphatic rings. The molecule has 30 heavy (non-hydrogen) atoms. The molecule has 0 saturated heterocycles. The van der Waals surface area contributed by atoms with Gasteiger partial charge in [0.2, 0.25) is 0 Å². The second-order valence-corrected chi connectivity index (χ2v) is 8.77. The molecule has 0 aromatic heterocycles. The van der Waals surface area contributed by atoms with Gasteiger partial charge in [0.15, 0.2) is 17.3 Å². The number of unbranched alkanes of at least 4 members (excludes halogenated alkanes) is 11. The number of nitrogens with two attached hydrogens (primary N) is 1. The van der Waals surface area contributed by atoms with Gasteiger partial charge in [0.1, 0.15) is 5.41 Å². The fraction of sp³-hybridized carbons (Fsp3) is 0.875. The molecular formula is C24H45NO5. The monoisotopic (exact) mass is 427 g/mol. The molecule has 4 N–H and O–H groups in total. The highest BCUT2D eigenvalue weighted by molar-refractivity contribution is 6.22. The number of hydrogen-bond acceptors (Lipinski definition) is 6. The maximum Gasteiger partial charge on any atom is 0.150 e. The van der Waals surface area contributed by atoms with Crippen LogP contribution in [0.15, 0.2) is 0 Å². The molecule has 0 fully saturated rings. The predicted molar refractivity (Wildman–Crippen MR) is 120 cm³/mol. The quantitative estimate of drug-likeness (QED) is 0.200. The predicted octanol–water partition coefficient (Wildman–Crippen LogP) is 3.88. The van der Waals surface area contributed by atoms with E-state index in [-0.39, 0.29) is 24.0 Å². The molecule has 0 aliphatic heterocycles. The minimum Gasteiger partial charge on any atom is -0.395 e. The van der Waals surface area contributed by atoms with Gasteiger partial charge < -0.3 is 15.9 Å². The van der Waals surface area contributed by atoms with Crippen LogP contribution in [-0.4, -0.2) is 46.3 Å². The van der Waals surface area contributed by atoms with E-state index < -0.39 is 17.6 Å². The van der Waals surface area contributed by atoms with Gasteiger partial charge in [-0.3, -0.25) is 14.4 Å². The molecule has 0 amide bonds. The van der Waals surface area contributed by atoms with E-state index in [4.69, 9.17) is 10.8 Å². The minimum absolute atomic E-state index is 0.169. The molecule has 0 aromatic carbocycles. The Kier molecular flexibility index (Phi) is 16.0. The van der Waals surface area contributed by atoms with Gasteiger partial charge >= 0.3 is 0 Å². The first-order chi connectivity index (χ1) is 14.2. The molecule has 0 aliphatic carbocycles. The number of carbonyl (C=O) groups excluding carboxylic acids is 3. The lowest BCUT2D eigenvalue weighted by Crippen LogP contribution is -2.43. The van der Waals surface area contributed by atoms with Crippen LogP contribution < -0.4 is 5.73 Å². The zero-order valence-corrected chi connectivity index (χ0v) is 19.5. The smallest absolute Gasteiger partial charge is 0.150 e. The topological polar surface area (TPSA) is 118 Å². The van der Waals surface area contributed by atoms with E-state index in [2.05, 4.69) is 0 Å². The zero-order chi connectivity index (χ0) is 23.0. The highest BCUT2D eigenvalue weighted by Gasteiger charge is 2.44. The summed E-state index contributed by atoms with van der Waals surface area (Å²) in [6, 6.07) is -0.523. The van der Waals surface area contributed by atoms with Crippen LogP contribution in [0.1, 0.15) is 111 Å². The maximum atomic E-state index is 11.9. The van der Waals surface area contributed by atoms with Crippen molar-refractivity contribution < 1.29 is 24.6 Å². The summed E-state index contributed by atoms with van der Waals surface area (Å²) < 4.78 is 0. The van der Waals surface area contributed by atoms with Gasteiger partial charge in [-0.2, -0.15) is 0 Å². The van der Waals surface area contributed by atoms with Crippen molar-refractivity contribution in [3.8, 4) is 0 Å². The molecule has 0 spiro atoms. The number of aliphatic hydroxyl groups is 2. The SMILES string of the molecule is CC(=O)C(CCCCCCCCCCCCCC[C@@H](O)[C@@H](N)CO)(C(C)=O)C(C)=O. The number of carbonyl (C=O) groups is 3. The van der Waals surface area contributed by atoms with Gasteiger partial charge in [-0.1, -0.05) is 77.0 Å². The van der Waals surface area contributed by atoms with Crippen molar-refractivity contribution >= 4 is 17.3 Å². The molecule has 0 rings (SSSR count). The first kappa shape index (κ1) is 28.9. The molecule has 0 radical (unpaired) electrons. The second kappa shape index (κ2) is 16.6. The van der Waals surface area contributed by atoms with E-state index in [9.17, 15) is 19.5 Å². The minimum atomic E-state index is -1.41. The van der Waals surface area contributed by atoms with Gasteiger partial charge in [-0.25, -0.2) is 0 Å². The second-order valence-electron chi connectivity index (χ2n) is 8.77. The van der Waals surface area contributed by atoms with Crippen molar-refractivity contribution in [1.29, 1.82) is 0 Å². The summed E-state index contributed by atoms with van der Waals surface area (Å²) in [5.74, 6) is -0.979. The molecule has 2 atom stereocenters. The van der Waals surface area contributed by atoms with Crippen LogP contribution in [0.4, 0.5) is 0 Å². The fourth-order valence-corrected chi connectivity index (χ4v) is 4.12. The number of ketones is 3. The first-order valence-corrected chi connectivity index (χ1v) is 11.8. The van der Waals surface area contributed by atoms with Crippen molar-refractivity contribution in [3.05, 3.63) is 0 Å². The van der Waals surface area contributed by atoms with Crippen LogP contribution in [-0.2, 0) is 14.4 Å². The van der Waals surface area contributed by atoms with Crippen LogP contribution in [0.2, 0.25) is 0 Å². The largest absolute Gasteiger partial charge is 0.395 e. The molecule has 0 unspecified atom stereocenters. The third kappa shape index (κ3) is 10.8. The van der Waals surface area contributed by atoms with E-state index in [0.29, 0.717) is 12.8 Å². The summed E-state index contributed by atoms with van der Waals surface area (Å²) in [7, 11) is 0. The van der Waals surface area contributed by atoms with Gasteiger partial charge in [-0.15, -0.1) is 0 Å². The third-order valence-electron chi connectivity index (χ3n) is 6.31. The van der Waals surface area contributed by atoms with E-state index in [1.54, 1.807) is 0 Å². The molecule has 0 bridgehead atoms. The Labute approximate surface area is 183 Å². The van der Waals surface area contributed by atoms with Crippen LogP contribution in [0.5, 0.6) is 0 Å². The van der Waals surface area contributed by atoms with Crippen LogP contribution >= 0.6 is 0 Å². The normalized spacial score (nSPS) is 13.8. The maximum absolute atomic E-state index is 11.9. The Morgan fingerprint density at radius 3 is 1.37 bits per heavy atom. The summed E-state index contributed by atoms with van der Waals surface area (Å²) in [6.07, 6.45) is 13.6. The van der Waals surface area contributed by atoms with Crippen LogP contribution in [0.25, 0.3) is 0 Å². The molecule has 0 saturated carbocycles. The van der Waals surface area contributed by atoms with Gasteiger partial charge in [0.25, 0.3) is 0 Å². The van der Waals surface area contributed by atoms with E-state index in [0.717, 1.165) is 38.5 Å². The van der Waals surface area contributed by atoms with Crippen LogP contribution in [0.3, 0.4) is 0 Å². The highest BCUT2D eigenvalue weighted by Crippen LogP contribution is 2.29. The lowest BCUT2D eigenvalue weighted by atomic mass is 9.73. The van der Waals surface area contributed by atoms with E-state index >= 15 is 0 Å². The van der Waals surface area contributed by atoms with Crippen molar-refractivity contribution in [2.75, 3.05) is 6.61 Å². The van der Waals surface area contributed by atoms with E-state index in [1.165, 1.54) is 59.3 Å². The Bertz CT molecular complexity index is 470. The van der Waals surface area contributed by atoms with Crippen molar-refractivity contribution in [2.45, 2.75) is 123 Å². The van der Waals surface area contributed by atoms with Gasteiger partial charge in [-0.05, 0) is 33.6 Å². The Hall–Kier alpha value is -1.11. The third-order valence-corrected chi connectivity index (χ3v) is 6.31. The average Bonchev–Trinajstić information content (AvgIpc) is 2.69. The summed E-state index contributed by atoms with van der Waals surface area (Å²) in [5, 5.41) is 18.6. The molecule has 0 heterocycles. The van der Waals surface area contributed by atoms with Crippen molar-refractivity contribution in [1.82, 2.24) is 0 Å². The average molecular weight is 428 g/mol. The summed E-state index contributed by atoms with van der Waals surface area (Å²) in [4.78, 5) is 35.7. The van der Waals surface area contributed by atoms with Gasteiger partial charge in [0, 0.05) is 0 Å². The molecular weight excluding hydrogens is 382 g/mol. The molecule has 6 nitrogen and oxygen atoms in total. The first-order valence-electron chi connectivity index (χ1n) is 11.8. The zero-order valence-electron chi connectivity index (χ0n) is 19.5. The Balaban J connectivity index is 3.64. The van der Waals surface area contributed by atoms with Crippen molar-refractivity contribution in [2.24, 2.45) is 11.1 Å². The fourth-order valence-electron chi connectivity index (χ4n) is 4.12. The lowest BCUT2D eigenvalue weighted by Gasteiger charge is -2.25. The summed E-state index contributed by atoms with van der Waals surface area (Å²) in [6.45, 7) is 3.87. The Morgan fingerprint density at radius 2 is 1.03 bits per heavy atom. The van der Waals surface area contributed by atoms with E-state index in [1.807, 2.05) is 0 Å². The van der Waals surface area contributed by atoms with Crippen molar-refractivity contribution in [3.63, 3.8) is 0 Å². The summed E-state index contributed by atoms with van der Waals surface area (Å²) in [5.41, 5.74) is 4.16. The van der Waals surface area contributed by atoms with Gasteiger partial charge in [0.05, 0.1) is 18.8 Å². The highest BCUT2D eigenvalue weighted by atomic mass is 16.3. The standard InChI is InChI=1S/C24H45NO5/c1-19(27)24(20(2)28,21(3)29)17-15-13-11-9-7-5-4-6-8-10-12-14-16-23(30)22(25)18-26/h22-23,26,30H,4-18,25H2,1-3H3/t22-,23+/m0/s1. The number of rotatable bonds is 20.